The average molecular weight is 662 g/mol. The van der Waals surface area contributed by atoms with Crippen molar-refractivity contribution in [3.8, 4) is 0 Å². The van der Waals surface area contributed by atoms with E-state index in [1.54, 1.807) is 24.3 Å². The summed E-state index contributed by atoms with van der Waals surface area (Å²) in [7, 11) is 0. The first kappa shape index (κ1) is 36.7. The molecule has 4 aromatic carbocycles. The smallest absolute Gasteiger partial charge is 0.128 e. The minimum Gasteiger partial charge on any atom is -0.376 e. The molecule has 0 aromatic heterocycles. The lowest BCUT2D eigenvalue weighted by Crippen LogP contribution is -2.54. The molecule has 2 atom stereocenters. The van der Waals surface area contributed by atoms with Gasteiger partial charge in [-0.15, -0.1) is 12.4 Å². The Morgan fingerprint density at radius 1 is 0.617 bits per heavy atom. The lowest BCUT2D eigenvalue weighted by atomic mass is 9.68. The summed E-state index contributed by atoms with van der Waals surface area (Å²) in [6.07, 6.45) is 5.55. The van der Waals surface area contributed by atoms with E-state index in [2.05, 4.69) is 69.4 Å². The van der Waals surface area contributed by atoms with Crippen LogP contribution in [0.5, 0.6) is 0 Å². The predicted octanol–water partition coefficient (Wildman–Crippen LogP) is 10.2. The van der Waals surface area contributed by atoms with Crippen LogP contribution in [-0.4, -0.2) is 25.3 Å². The molecule has 1 fully saturated rings. The third-order valence-corrected chi connectivity index (χ3v) is 9.99. The molecule has 0 aliphatic heterocycles. The highest BCUT2D eigenvalue weighted by molar-refractivity contribution is 5.85. The van der Waals surface area contributed by atoms with Gasteiger partial charge in [-0.25, -0.2) is 8.78 Å². The molecular weight excluding hydrogens is 612 g/mol. The van der Waals surface area contributed by atoms with Gasteiger partial charge in [0.05, 0.1) is 26.4 Å². The Kier molecular flexibility index (Phi) is 13.6. The maximum atomic E-state index is 14.5. The number of ether oxygens (including phenoxy) is 2. The summed E-state index contributed by atoms with van der Waals surface area (Å²) >= 11 is 0. The molecule has 0 spiro atoms. The summed E-state index contributed by atoms with van der Waals surface area (Å²) in [5, 5.41) is 4.15. The van der Waals surface area contributed by atoms with Crippen LogP contribution in [0.3, 0.4) is 0 Å². The highest BCUT2D eigenvalue weighted by Crippen LogP contribution is 2.43. The molecule has 5 rings (SSSR count). The van der Waals surface area contributed by atoms with Gasteiger partial charge in [-0.1, -0.05) is 92.1 Å². The molecule has 4 aromatic rings. The maximum absolute atomic E-state index is 14.5. The van der Waals surface area contributed by atoms with Gasteiger partial charge in [0.25, 0.3) is 0 Å². The second kappa shape index (κ2) is 17.3. The van der Waals surface area contributed by atoms with Crippen LogP contribution >= 0.6 is 12.4 Å². The minimum atomic E-state index is -0.239. The van der Waals surface area contributed by atoms with Gasteiger partial charge in [-0.3, -0.25) is 0 Å². The Morgan fingerprint density at radius 3 is 1.60 bits per heavy atom. The zero-order valence-electron chi connectivity index (χ0n) is 28.3. The molecular formula is C41H50ClF2NO2. The van der Waals surface area contributed by atoms with E-state index in [0.29, 0.717) is 24.3 Å². The number of benzene rings is 4. The van der Waals surface area contributed by atoms with E-state index in [1.165, 1.54) is 51.9 Å². The number of nitrogens with one attached hydrogen (secondary N) is 1. The first-order valence-electron chi connectivity index (χ1n) is 16.8. The average Bonchev–Trinajstić information content (AvgIpc) is 3.04. The van der Waals surface area contributed by atoms with Crippen molar-refractivity contribution in [3.63, 3.8) is 0 Å². The van der Waals surface area contributed by atoms with Crippen LogP contribution in [0.1, 0.15) is 88.4 Å². The van der Waals surface area contributed by atoms with Gasteiger partial charge in [0.2, 0.25) is 0 Å². The molecule has 2 unspecified atom stereocenters. The van der Waals surface area contributed by atoms with Crippen molar-refractivity contribution in [2.75, 3.05) is 19.8 Å². The number of halogens is 3. The predicted molar refractivity (Wildman–Crippen MR) is 190 cm³/mol. The Bertz CT molecular complexity index is 1550. The van der Waals surface area contributed by atoms with E-state index in [1.807, 2.05) is 12.1 Å². The summed E-state index contributed by atoms with van der Waals surface area (Å²) in [6.45, 7) is 10.9. The van der Waals surface area contributed by atoms with Gasteiger partial charge >= 0.3 is 0 Å². The van der Waals surface area contributed by atoms with Gasteiger partial charge in [-0.05, 0) is 86.1 Å². The molecule has 1 N–H and O–H groups in total. The van der Waals surface area contributed by atoms with Gasteiger partial charge in [-0.2, -0.15) is 0 Å². The second-order valence-electron chi connectivity index (χ2n) is 13.2. The van der Waals surface area contributed by atoms with Gasteiger partial charge in [0.15, 0.2) is 0 Å². The first-order valence-corrected chi connectivity index (χ1v) is 16.8. The summed E-state index contributed by atoms with van der Waals surface area (Å²) in [5.74, 6) is -0.316. The monoisotopic (exact) mass is 661 g/mol. The van der Waals surface area contributed by atoms with Crippen LogP contribution in [0.4, 0.5) is 8.78 Å². The number of hydrogen-bond donors (Lipinski definition) is 1. The molecule has 0 heterocycles. The Hall–Kier alpha value is -3.09. The van der Waals surface area contributed by atoms with Gasteiger partial charge in [0.1, 0.15) is 11.6 Å². The van der Waals surface area contributed by atoms with Crippen molar-refractivity contribution in [1.82, 2.24) is 5.32 Å². The molecule has 1 aliphatic carbocycles. The molecule has 0 radical (unpaired) electrons. The van der Waals surface area contributed by atoms with Crippen LogP contribution in [0.15, 0.2) is 84.9 Å². The summed E-state index contributed by atoms with van der Waals surface area (Å²) in [5.41, 5.74) is 8.54. The lowest BCUT2D eigenvalue weighted by Gasteiger charge is -2.46. The van der Waals surface area contributed by atoms with E-state index in [4.69, 9.17) is 9.47 Å². The van der Waals surface area contributed by atoms with E-state index in [-0.39, 0.29) is 54.6 Å². The fraction of sp³-hybridized carbons (Fsp3) is 0.415. The fourth-order valence-corrected chi connectivity index (χ4v) is 7.60. The summed E-state index contributed by atoms with van der Waals surface area (Å²) in [4.78, 5) is 0. The molecule has 0 bridgehead atoms. The van der Waals surface area contributed by atoms with Crippen LogP contribution in [0.2, 0.25) is 0 Å². The van der Waals surface area contributed by atoms with E-state index < -0.39 is 0 Å². The second-order valence-corrected chi connectivity index (χ2v) is 13.2. The van der Waals surface area contributed by atoms with Crippen molar-refractivity contribution < 1.29 is 18.3 Å². The zero-order valence-corrected chi connectivity index (χ0v) is 29.1. The van der Waals surface area contributed by atoms with E-state index in [0.717, 1.165) is 32.2 Å². The van der Waals surface area contributed by atoms with Crippen LogP contribution < -0.4 is 5.32 Å². The molecule has 47 heavy (non-hydrogen) atoms. The molecule has 1 saturated carbocycles. The lowest BCUT2D eigenvalue weighted by molar-refractivity contribution is 0.0558. The SMILES string of the molecule is Cc1cccc(C)c1C(CNC1(C(COCc2ccccc2F)c2c(C)cccc2C)CCCCC1)COCc1ccccc1F.Cl. The normalized spacial score (nSPS) is 15.5. The highest BCUT2D eigenvalue weighted by Gasteiger charge is 2.42. The van der Waals surface area contributed by atoms with Crippen LogP contribution in [-0.2, 0) is 22.7 Å². The van der Waals surface area contributed by atoms with Crippen LogP contribution in [0.25, 0.3) is 0 Å². The molecule has 3 nitrogen and oxygen atoms in total. The Labute approximate surface area is 286 Å². The van der Waals surface area contributed by atoms with Crippen LogP contribution in [0, 0.1) is 39.3 Å². The van der Waals surface area contributed by atoms with Crippen molar-refractivity contribution >= 4 is 12.4 Å². The maximum Gasteiger partial charge on any atom is 0.128 e. The number of hydrogen-bond acceptors (Lipinski definition) is 3. The summed E-state index contributed by atoms with van der Waals surface area (Å²) in [6, 6.07) is 26.6. The largest absolute Gasteiger partial charge is 0.376 e. The fourth-order valence-electron chi connectivity index (χ4n) is 7.60. The highest BCUT2D eigenvalue weighted by atomic mass is 35.5. The van der Waals surface area contributed by atoms with Crippen molar-refractivity contribution in [1.29, 1.82) is 0 Å². The minimum absolute atomic E-state index is 0. The van der Waals surface area contributed by atoms with Gasteiger partial charge in [0, 0.05) is 35.0 Å². The summed E-state index contributed by atoms with van der Waals surface area (Å²) < 4.78 is 41.7. The molecule has 0 amide bonds. The van der Waals surface area contributed by atoms with Crippen molar-refractivity contribution in [2.45, 2.75) is 90.4 Å². The zero-order chi connectivity index (χ0) is 32.5. The first-order chi connectivity index (χ1) is 22.3. The number of aryl methyl sites for hydroxylation is 4. The van der Waals surface area contributed by atoms with Crippen molar-refractivity contribution in [3.05, 3.63) is 141 Å². The van der Waals surface area contributed by atoms with Gasteiger partial charge < -0.3 is 14.8 Å². The topological polar surface area (TPSA) is 30.5 Å². The molecule has 252 valence electrons. The Balaban J connectivity index is 0.00000500. The quantitative estimate of drug-likeness (QED) is 0.146. The third kappa shape index (κ3) is 9.08. The van der Waals surface area contributed by atoms with E-state index in [9.17, 15) is 8.78 Å². The molecule has 6 heteroatoms. The molecule has 0 saturated heterocycles. The van der Waals surface area contributed by atoms with E-state index >= 15 is 0 Å². The van der Waals surface area contributed by atoms with Crippen molar-refractivity contribution in [2.24, 2.45) is 0 Å². The Morgan fingerprint density at radius 2 is 1.09 bits per heavy atom. The standard InChI is InChI=1S/C41H49F2NO2.ClH/c1-29-14-12-15-30(2)39(29)35(27-45-25-33-18-6-8-20-37(33)42)24-44-41(22-10-5-11-23-41)36(40-31(3)16-13-17-32(40)4)28-46-26-34-19-7-9-21-38(34)43;/h6-9,12-21,35-36,44H,5,10-11,22-28H2,1-4H3;1H. The number of rotatable bonds is 14. The third-order valence-electron chi connectivity index (χ3n) is 9.99. The molecule has 1 aliphatic rings.